The topological polar surface area (TPSA) is 25.2 Å². The lowest BCUT2D eigenvalue weighted by Gasteiger charge is -2.28. The van der Waals surface area contributed by atoms with E-state index in [0.717, 1.165) is 54.5 Å². The molecule has 1 atom stereocenters. The number of hydrogen-bond donors (Lipinski definition) is 0. The van der Waals surface area contributed by atoms with Gasteiger partial charge in [-0.2, -0.15) is 0 Å². The number of hydrogen-bond acceptors (Lipinski definition) is 1. The van der Waals surface area contributed by atoms with E-state index in [4.69, 9.17) is 0 Å². The second-order valence-electron chi connectivity index (χ2n) is 8.96. The Labute approximate surface area is 194 Å². The van der Waals surface area contributed by atoms with Crippen molar-refractivity contribution >= 4 is 16.8 Å². The number of piperidine rings is 1. The first kappa shape index (κ1) is 21.4. The number of nitrogens with zero attached hydrogens (tertiary/aromatic N) is 2. The number of fused-ring (bicyclic) bond motifs is 1. The normalized spacial score (nSPS) is 15.0. The van der Waals surface area contributed by atoms with Gasteiger partial charge < -0.3 is 9.47 Å². The van der Waals surface area contributed by atoms with Gasteiger partial charge in [0.2, 0.25) is 5.91 Å². The smallest absolute Gasteiger partial charge is 0.223 e. The van der Waals surface area contributed by atoms with Crippen LogP contribution < -0.4 is 0 Å². The monoisotopic (exact) mass is 440 g/mol. The zero-order chi connectivity index (χ0) is 22.6. The first-order valence-electron chi connectivity index (χ1n) is 11.8. The number of likely N-dealkylation sites (tertiary alicyclic amines) is 1. The Morgan fingerprint density at radius 1 is 0.848 bits per heavy atom. The summed E-state index contributed by atoms with van der Waals surface area (Å²) in [7, 11) is 0. The highest BCUT2D eigenvalue weighted by molar-refractivity contribution is 5.87. The predicted molar refractivity (Wildman–Crippen MR) is 131 cm³/mol. The lowest BCUT2D eigenvalue weighted by atomic mass is 9.87. The average molecular weight is 441 g/mol. The molecule has 0 N–H and O–H groups in total. The molecule has 3 aromatic carbocycles. The highest BCUT2D eigenvalue weighted by Gasteiger charge is 2.26. The highest BCUT2D eigenvalue weighted by atomic mass is 19.1. The number of halogens is 1. The van der Waals surface area contributed by atoms with Gasteiger partial charge in [-0.25, -0.2) is 4.39 Å². The van der Waals surface area contributed by atoms with Gasteiger partial charge in [0.25, 0.3) is 0 Å². The van der Waals surface area contributed by atoms with Crippen LogP contribution in [0.1, 0.15) is 48.3 Å². The Kier molecular flexibility index (Phi) is 6.25. The van der Waals surface area contributed by atoms with E-state index in [1.165, 1.54) is 24.1 Å². The summed E-state index contributed by atoms with van der Waals surface area (Å²) >= 11 is 0. The van der Waals surface area contributed by atoms with Gasteiger partial charge in [0.1, 0.15) is 5.82 Å². The van der Waals surface area contributed by atoms with Crippen LogP contribution in [-0.4, -0.2) is 28.5 Å². The molecule has 4 aromatic rings. The number of carbonyl (C=O) groups is 1. The molecule has 0 saturated carbocycles. The van der Waals surface area contributed by atoms with Crippen molar-refractivity contribution in [3.05, 3.63) is 108 Å². The number of benzene rings is 3. The molecule has 1 aliphatic rings. The van der Waals surface area contributed by atoms with Crippen molar-refractivity contribution in [1.82, 2.24) is 9.47 Å². The van der Waals surface area contributed by atoms with Crippen molar-refractivity contribution in [1.29, 1.82) is 0 Å². The molecule has 0 bridgehead atoms. The van der Waals surface area contributed by atoms with E-state index in [-0.39, 0.29) is 17.6 Å². The maximum absolute atomic E-state index is 13.7. The Morgan fingerprint density at radius 2 is 1.55 bits per heavy atom. The van der Waals surface area contributed by atoms with Crippen LogP contribution in [0.5, 0.6) is 0 Å². The van der Waals surface area contributed by atoms with Crippen molar-refractivity contribution in [2.24, 2.45) is 0 Å². The minimum atomic E-state index is -0.258. The molecule has 5 rings (SSSR count). The van der Waals surface area contributed by atoms with Crippen molar-refractivity contribution in [3.8, 4) is 0 Å². The Hall–Kier alpha value is -3.40. The third-order valence-corrected chi connectivity index (χ3v) is 6.75. The lowest BCUT2D eigenvalue weighted by molar-refractivity contribution is -0.132. The molecular weight excluding hydrogens is 411 g/mol. The SMILES string of the molecule is O=C(C[C@H](c1ccc(F)cc1)c1cn(Cc2ccccc2)c2ccccc12)N1CCCCC1. The number of amides is 1. The minimum absolute atomic E-state index is 0.123. The average Bonchev–Trinajstić information content (AvgIpc) is 3.22. The van der Waals surface area contributed by atoms with E-state index in [0.29, 0.717) is 6.42 Å². The fraction of sp³-hybridized carbons (Fsp3) is 0.276. The highest BCUT2D eigenvalue weighted by Crippen LogP contribution is 2.36. The molecule has 1 saturated heterocycles. The molecule has 168 valence electrons. The third-order valence-electron chi connectivity index (χ3n) is 6.75. The molecule has 0 aliphatic carbocycles. The molecule has 1 aromatic heterocycles. The zero-order valence-electron chi connectivity index (χ0n) is 18.8. The molecule has 33 heavy (non-hydrogen) atoms. The Balaban J connectivity index is 1.56. The van der Waals surface area contributed by atoms with Crippen LogP contribution in [0.25, 0.3) is 10.9 Å². The first-order valence-corrected chi connectivity index (χ1v) is 11.8. The quantitative estimate of drug-likeness (QED) is 0.342. The third kappa shape index (κ3) is 4.70. The van der Waals surface area contributed by atoms with Crippen LogP contribution in [0.3, 0.4) is 0 Å². The molecule has 1 aliphatic heterocycles. The van der Waals surface area contributed by atoms with E-state index in [9.17, 15) is 9.18 Å². The summed E-state index contributed by atoms with van der Waals surface area (Å²) in [5.41, 5.74) is 4.48. The van der Waals surface area contributed by atoms with E-state index in [1.54, 1.807) is 0 Å². The summed E-state index contributed by atoms with van der Waals surface area (Å²) in [6.45, 7) is 2.44. The van der Waals surface area contributed by atoms with Crippen molar-refractivity contribution in [3.63, 3.8) is 0 Å². The second-order valence-corrected chi connectivity index (χ2v) is 8.96. The van der Waals surface area contributed by atoms with Crippen molar-refractivity contribution in [2.75, 3.05) is 13.1 Å². The lowest BCUT2D eigenvalue weighted by Crippen LogP contribution is -2.36. The summed E-state index contributed by atoms with van der Waals surface area (Å²) < 4.78 is 16.0. The van der Waals surface area contributed by atoms with Crippen LogP contribution in [-0.2, 0) is 11.3 Å². The fourth-order valence-electron chi connectivity index (χ4n) is 5.01. The molecule has 4 heteroatoms. The van der Waals surface area contributed by atoms with Crippen LogP contribution in [0.15, 0.2) is 85.1 Å². The van der Waals surface area contributed by atoms with Gasteiger partial charge >= 0.3 is 0 Å². The van der Waals surface area contributed by atoms with Crippen LogP contribution in [0.4, 0.5) is 4.39 Å². The molecule has 3 nitrogen and oxygen atoms in total. The summed E-state index contributed by atoms with van der Waals surface area (Å²) in [6, 6.07) is 25.4. The van der Waals surface area contributed by atoms with Crippen molar-refractivity contribution in [2.45, 2.75) is 38.1 Å². The molecule has 0 unspecified atom stereocenters. The largest absolute Gasteiger partial charge is 0.343 e. The van der Waals surface area contributed by atoms with Crippen LogP contribution in [0, 0.1) is 5.82 Å². The van der Waals surface area contributed by atoms with Gasteiger partial charge in [0, 0.05) is 49.1 Å². The maximum atomic E-state index is 13.7. The van der Waals surface area contributed by atoms with Gasteiger partial charge in [-0.3, -0.25) is 4.79 Å². The predicted octanol–water partition coefficient (Wildman–Crippen LogP) is 6.36. The first-order chi connectivity index (χ1) is 16.2. The van der Waals surface area contributed by atoms with Gasteiger partial charge in [0.05, 0.1) is 0 Å². The van der Waals surface area contributed by atoms with Crippen LogP contribution >= 0.6 is 0 Å². The van der Waals surface area contributed by atoms with E-state index in [2.05, 4.69) is 53.2 Å². The van der Waals surface area contributed by atoms with Gasteiger partial charge in [-0.15, -0.1) is 0 Å². The number of aromatic nitrogens is 1. The molecule has 0 radical (unpaired) electrons. The Bertz CT molecular complexity index is 1220. The van der Waals surface area contributed by atoms with Gasteiger partial charge in [-0.05, 0) is 54.2 Å². The molecule has 1 amide bonds. The van der Waals surface area contributed by atoms with Gasteiger partial charge in [0.15, 0.2) is 0 Å². The summed E-state index contributed by atoms with van der Waals surface area (Å²) in [6.07, 6.45) is 5.92. The van der Waals surface area contributed by atoms with E-state index >= 15 is 0 Å². The maximum Gasteiger partial charge on any atom is 0.223 e. The molecule has 1 fully saturated rings. The second kappa shape index (κ2) is 9.62. The summed E-state index contributed by atoms with van der Waals surface area (Å²) in [5, 5.41) is 1.15. The van der Waals surface area contributed by atoms with E-state index < -0.39 is 0 Å². The van der Waals surface area contributed by atoms with E-state index in [1.807, 2.05) is 29.2 Å². The molecular formula is C29H29FN2O. The number of carbonyl (C=O) groups excluding carboxylic acids is 1. The summed E-state index contributed by atoms with van der Waals surface area (Å²) in [4.78, 5) is 15.3. The Morgan fingerprint density at radius 3 is 2.30 bits per heavy atom. The number of rotatable bonds is 6. The molecule has 2 heterocycles. The number of para-hydroxylation sites is 1. The van der Waals surface area contributed by atoms with Gasteiger partial charge in [-0.1, -0.05) is 60.7 Å². The van der Waals surface area contributed by atoms with Crippen LogP contribution in [0.2, 0.25) is 0 Å². The molecule has 0 spiro atoms. The minimum Gasteiger partial charge on any atom is -0.343 e. The summed E-state index contributed by atoms with van der Waals surface area (Å²) in [5.74, 6) is -0.197. The fourth-order valence-corrected chi connectivity index (χ4v) is 5.01. The standard InChI is InChI=1S/C29H29FN2O/c30-24-15-13-23(14-16-24)26(19-29(33)31-17-7-2-8-18-31)27-21-32(20-22-9-3-1-4-10-22)28-12-6-5-11-25(27)28/h1,3-6,9-16,21,26H,2,7-8,17-20H2/t26-/m1/s1. The zero-order valence-corrected chi connectivity index (χ0v) is 18.8. The van der Waals surface area contributed by atoms with Crippen molar-refractivity contribution < 1.29 is 9.18 Å².